The highest BCUT2D eigenvalue weighted by atomic mass is 16.1. The van der Waals surface area contributed by atoms with Gasteiger partial charge in [0.25, 0.3) is 5.91 Å². The molecular formula is C16H18N4O. The first-order valence-corrected chi connectivity index (χ1v) is 6.69. The second kappa shape index (κ2) is 7.19. The predicted octanol–water partition coefficient (Wildman–Crippen LogP) is 2.31. The van der Waals surface area contributed by atoms with Crippen LogP contribution in [0.1, 0.15) is 21.6 Å². The van der Waals surface area contributed by atoms with Gasteiger partial charge in [0, 0.05) is 19.2 Å². The molecule has 0 saturated heterocycles. The van der Waals surface area contributed by atoms with Crippen molar-refractivity contribution in [3.05, 3.63) is 66.1 Å². The van der Waals surface area contributed by atoms with Crippen LogP contribution >= 0.6 is 0 Å². The number of nitrogens with zero attached hydrogens (tertiary/aromatic N) is 2. The van der Waals surface area contributed by atoms with E-state index in [-0.39, 0.29) is 5.91 Å². The zero-order valence-corrected chi connectivity index (χ0v) is 12.0. The molecule has 0 unspecified atom stereocenters. The number of rotatable bonds is 6. The first-order chi connectivity index (χ1) is 10.2. The fraction of sp³-hybridized carbons (Fsp3) is 0.188. The van der Waals surface area contributed by atoms with Crippen molar-refractivity contribution in [2.75, 3.05) is 11.9 Å². The Morgan fingerprint density at radius 1 is 1.33 bits per heavy atom. The van der Waals surface area contributed by atoms with Crippen LogP contribution in [0.25, 0.3) is 0 Å². The van der Waals surface area contributed by atoms with Crippen LogP contribution < -0.4 is 10.6 Å². The summed E-state index contributed by atoms with van der Waals surface area (Å²) in [6.45, 7) is 6.70. The molecule has 2 rings (SSSR count). The molecule has 5 nitrogen and oxygen atoms in total. The highest BCUT2D eigenvalue weighted by Gasteiger charge is 2.08. The molecule has 1 aromatic carbocycles. The van der Waals surface area contributed by atoms with Crippen LogP contribution in [0.2, 0.25) is 0 Å². The van der Waals surface area contributed by atoms with Gasteiger partial charge in [0.05, 0.1) is 0 Å². The Kier molecular flexibility index (Phi) is 5.04. The van der Waals surface area contributed by atoms with Gasteiger partial charge in [-0.05, 0) is 12.5 Å². The van der Waals surface area contributed by atoms with Crippen molar-refractivity contribution >= 4 is 11.7 Å². The first-order valence-electron chi connectivity index (χ1n) is 6.69. The molecule has 0 saturated carbocycles. The molecule has 0 aliphatic rings. The molecule has 0 fully saturated rings. The number of carbonyl (C=O) groups is 1. The lowest BCUT2D eigenvalue weighted by atomic mass is 10.1. The summed E-state index contributed by atoms with van der Waals surface area (Å²) < 4.78 is 0. The third-order valence-electron chi connectivity index (χ3n) is 2.86. The van der Waals surface area contributed by atoms with Crippen molar-refractivity contribution in [3.63, 3.8) is 0 Å². The van der Waals surface area contributed by atoms with Gasteiger partial charge in [-0.3, -0.25) is 4.79 Å². The Balaban J connectivity index is 1.98. The standard InChI is InChI=1S/C16H18N4O/c1-3-7-17-15-9-14(19-11-20-15)16(21)18-10-13-6-4-5-12(2)8-13/h3-6,8-9,11H,1,7,10H2,2H3,(H,18,21)(H,17,19,20). The van der Waals surface area contributed by atoms with Gasteiger partial charge < -0.3 is 10.6 Å². The van der Waals surface area contributed by atoms with Gasteiger partial charge in [0.1, 0.15) is 17.8 Å². The summed E-state index contributed by atoms with van der Waals surface area (Å²) in [5.74, 6) is 0.381. The molecule has 1 aromatic heterocycles. The first kappa shape index (κ1) is 14.7. The largest absolute Gasteiger partial charge is 0.366 e. The van der Waals surface area contributed by atoms with E-state index in [0.717, 1.165) is 5.56 Å². The van der Waals surface area contributed by atoms with E-state index in [2.05, 4.69) is 27.2 Å². The molecule has 2 aromatic rings. The van der Waals surface area contributed by atoms with Crippen LogP contribution in [0, 0.1) is 6.92 Å². The Bertz CT molecular complexity index is 640. The van der Waals surface area contributed by atoms with Crippen LogP contribution in [0.5, 0.6) is 0 Å². The minimum Gasteiger partial charge on any atom is -0.366 e. The van der Waals surface area contributed by atoms with Crippen LogP contribution in [-0.4, -0.2) is 22.4 Å². The third kappa shape index (κ3) is 4.42. The molecule has 0 aliphatic carbocycles. The maximum atomic E-state index is 12.1. The van der Waals surface area contributed by atoms with Crippen molar-refractivity contribution in [1.82, 2.24) is 15.3 Å². The van der Waals surface area contributed by atoms with Crippen molar-refractivity contribution in [2.24, 2.45) is 0 Å². The molecule has 1 amide bonds. The topological polar surface area (TPSA) is 66.9 Å². The summed E-state index contributed by atoms with van der Waals surface area (Å²) in [5.41, 5.74) is 2.56. The SMILES string of the molecule is C=CCNc1cc(C(=O)NCc2cccc(C)c2)ncn1. The minimum atomic E-state index is -0.222. The summed E-state index contributed by atoms with van der Waals surface area (Å²) in [4.78, 5) is 20.1. The zero-order chi connectivity index (χ0) is 15.1. The van der Waals surface area contributed by atoms with Gasteiger partial charge in [-0.15, -0.1) is 6.58 Å². The molecule has 0 atom stereocenters. The van der Waals surface area contributed by atoms with E-state index < -0.39 is 0 Å². The van der Waals surface area contributed by atoms with Crippen molar-refractivity contribution in [3.8, 4) is 0 Å². The van der Waals surface area contributed by atoms with Crippen molar-refractivity contribution in [1.29, 1.82) is 0 Å². The number of anilines is 1. The molecule has 5 heteroatoms. The molecule has 0 radical (unpaired) electrons. The van der Waals surface area contributed by atoms with E-state index in [1.165, 1.54) is 11.9 Å². The fourth-order valence-electron chi connectivity index (χ4n) is 1.85. The normalized spacial score (nSPS) is 9.95. The molecule has 108 valence electrons. The van der Waals surface area contributed by atoms with Gasteiger partial charge in [-0.2, -0.15) is 0 Å². The molecular weight excluding hydrogens is 264 g/mol. The van der Waals surface area contributed by atoms with Crippen LogP contribution in [0.4, 0.5) is 5.82 Å². The Morgan fingerprint density at radius 3 is 2.95 bits per heavy atom. The molecule has 21 heavy (non-hydrogen) atoms. The number of hydrogen-bond donors (Lipinski definition) is 2. The second-order valence-corrected chi connectivity index (χ2v) is 4.63. The van der Waals surface area contributed by atoms with E-state index in [0.29, 0.717) is 24.6 Å². The molecule has 0 spiro atoms. The number of carbonyl (C=O) groups excluding carboxylic acids is 1. The molecule has 1 heterocycles. The summed E-state index contributed by atoms with van der Waals surface area (Å²) in [6.07, 6.45) is 3.09. The second-order valence-electron chi connectivity index (χ2n) is 4.63. The van der Waals surface area contributed by atoms with Crippen LogP contribution in [0.15, 0.2) is 49.3 Å². The van der Waals surface area contributed by atoms with Gasteiger partial charge in [-0.1, -0.05) is 35.9 Å². The average molecular weight is 282 g/mol. The number of benzene rings is 1. The number of aromatic nitrogens is 2. The highest BCUT2D eigenvalue weighted by molar-refractivity contribution is 5.92. The van der Waals surface area contributed by atoms with Crippen molar-refractivity contribution < 1.29 is 4.79 Å². The maximum absolute atomic E-state index is 12.1. The van der Waals surface area contributed by atoms with Gasteiger partial charge >= 0.3 is 0 Å². The lowest BCUT2D eigenvalue weighted by molar-refractivity contribution is 0.0946. The van der Waals surface area contributed by atoms with E-state index in [9.17, 15) is 4.79 Å². The number of nitrogens with one attached hydrogen (secondary N) is 2. The lowest BCUT2D eigenvalue weighted by Crippen LogP contribution is -2.24. The average Bonchev–Trinajstić information content (AvgIpc) is 2.51. The summed E-state index contributed by atoms with van der Waals surface area (Å²) >= 11 is 0. The molecule has 0 bridgehead atoms. The predicted molar refractivity (Wildman–Crippen MR) is 83.1 cm³/mol. The zero-order valence-electron chi connectivity index (χ0n) is 12.0. The van der Waals surface area contributed by atoms with Crippen LogP contribution in [0.3, 0.4) is 0 Å². The Labute approximate surface area is 124 Å². The quantitative estimate of drug-likeness (QED) is 0.798. The Hall–Kier alpha value is -2.69. The van der Waals surface area contributed by atoms with Crippen LogP contribution in [-0.2, 0) is 6.54 Å². The monoisotopic (exact) mass is 282 g/mol. The summed E-state index contributed by atoms with van der Waals surface area (Å²) in [6, 6.07) is 9.63. The minimum absolute atomic E-state index is 0.222. The van der Waals surface area contributed by atoms with E-state index >= 15 is 0 Å². The van der Waals surface area contributed by atoms with Gasteiger partial charge in [0.15, 0.2) is 0 Å². The number of amides is 1. The summed E-state index contributed by atoms with van der Waals surface area (Å²) in [5, 5.41) is 5.87. The fourth-order valence-corrected chi connectivity index (χ4v) is 1.85. The van der Waals surface area contributed by atoms with Crippen molar-refractivity contribution in [2.45, 2.75) is 13.5 Å². The molecule has 0 aliphatic heterocycles. The number of aryl methyl sites for hydroxylation is 1. The van der Waals surface area contributed by atoms with Gasteiger partial charge in [0.2, 0.25) is 0 Å². The van der Waals surface area contributed by atoms with E-state index in [4.69, 9.17) is 0 Å². The molecule has 2 N–H and O–H groups in total. The summed E-state index contributed by atoms with van der Waals surface area (Å²) in [7, 11) is 0. The lowest BCUT2D eigenvalue weighted by Gasteiger charge is -2.07. The Morgan fingerprint density at radius 2 is 2.19 bits per heavy atom. The number of hydrogen-bond acceptors (Lipinski definition) is 4. The smallest absolute Gasteiger partial charge is 0.270 e. The van der Waals surface area contributed by atoms with Gasteiger partial charge in [-0.25, -0.2) is 9.97 Å². The maximum Gasteiger partial charge on any atom is 0.270 e. The van der Waals surface area contributed by atoms with E-state index in [1.807, 2.05) is 31.2 Å². The highest BCUT2D eigenvalue weighted by Crippen LogP contribution is 2.06. The van der Waals surface area contributed by atoms with E-state index in [1.54, 1.807) is 12.1 Å². The third-order valence-corrected chi connectivity index (χ3v) is 2.86.